The second-order valence-electron chi connectivity index (χ2n) is 4.95. The van der Waals surface area contributed by atoms with E-state index in [9.17, 15) is 4.79 Å². The average Bonchev–Trinajstić information content (AvgIpc) is 2.37. The minimum atomic E-state index is -0.170. The zero-order valence-corrected chi connectivity index (χ0v) is 12.8. The summed E-state index contributed by atoms with van der Waals surface area (Å²) in [5, 5.41) is 0.642. The maximum atomic E-state index is 12.3. The highest BCUT2D eigenvalue weighted by atomic mass is 35.5. The summed E-state index contributed by atoms with van der Waals surface area (Å²) in [5.74, 6) is 0.101. The number of Topliss-reactive ketones (excluding diaryl/α,β-unsaturated/α-hetero) is 1. The van der Waals surface area contributed by atoms with Crippen molar-refractivity contribution in [2.24, 2.45) is 0 Å². The molecule has 0 heterocycles. The van der Waals surface area contributed by atoms with Crippen molar-refractivity contribution in [3.63, 3.8) is 0 Å². The minimum absolute atomic E-state index is 0.101. The van der Waals surface area contributed by atoms with Crippen LogP contribution in [0.3, 0.4) is 0 Å². The summed E-state index contributed by atoms with van der Waals surface area (Å²) in [7, 11) is 1.93. The first-order valence-electron chi connectivity index (χ1n) is 6.53. The fourth-order valence-corrected chi connectivity index (χ4v) is 1.81. The van der Waals surface area contributed by atoms with Gasteiger partial charge >= 0.3 is 0 Å². The highest BCUT2D eigenvalue weighted by Crippen LogP contribution is 2.13. The standard InChI is InChI=1S/C15H22ClNO2/c1-11(2)19-10-9-17(4)12(3)15(18)13-5-7-14(16)8-6-13/h5-8,11-12H,9-10H2,1-4H3. The molecule has 0 fully saturated rings. The van der Waals surface area contributed by atoms with Gasteiger partial charge in [0.25, 0.3) is 0 Å². The number of rotatable bonds is 7. The third-order valence-electron chi connectivity index (χ3n) is 3.06. The average molecular weight is 284 g/mol. The van der Waals surface area contributed by atoms with E-state index in [-0.39, 0.29) is 17.9 Å². The molecule has 3 nitrogen and oxygen atoms in total. The molecule has 1 rings (SSSR count). The number of carbonyl (C=O) groups excluding carboxylic acids is 1. The van der Waals surface area contributed by atoms with Gasteiger partial charge in [-0.3, -0.25) is 9.69 Å². The zero-order chi connectivity index (χ0) is 14.4. The fourth-order valence-electron chi connectivity index (χ4n) is 1.68. The van der Waals surface area contributed by atoms with Crippen molar-refractivity contribution >= 4 is 17.4 Å². The van der Waals surface area contributed by atoms with Crippen LogP contribution in [0, 0.1) is 0 Å². The van der Waals surface area contributed by atoms with E-state index >= 15 is 0 Å². The van der Waals surface area contributed by atoms with Crippen LogP contribution in [0.5, 0.6) is 0 Å². The van der Waals surface area contributed by atoms with Crippen molar-refractivity contribution in [1.29, 1.82) is 0 Å². The first-order valence-corrected chi connectivity index (χ1v) is 6.91. The second kappa shape index (κ2) is 7.63. The van der Waals surface area contributed by atoms with Gasteiger partial charge in [0.1, 0.15) is 0 Å². The van der Waals surface area contributed by atoms with Crippen molar-refractivity contribution in [3.05, 3.63) is 34.9 Å². The van der Waals surface area contributed by atoms with Gasteiger partial charge in [-0.1, -0.05) is 11.6 Å². The molecule has 0 aliphatic heterocycles. The van der Waals surface area contributed by atoms with Crippen LogP contribution in [-0.4, -0.2) is 43.0 Å². The van der Waals surface area contributed by atoms with Crippen LogP contribution in [0.1, 0.15) is 31.1 Å². The van der Waals surface area contributed by atoms with Gasteiger partial charge in [-0.15, -0.1) is 0 Å². The van der Waals surface area contributed by atoms with Crippen LogP contribution in [0.4, 0.5) is 0 Å². The van der Waals surface area contributed by atoms with E-state index in [0.29, 0.717) is 17.2 Å². The molecule has 0 radical (unpaired) electrons. The Morgan fingerprint density at radius 1 is 1.26 bits per heavy atom. The lowest BCUT2D eigenvalue weighted by atomic mass is 10.0. The third-order valence-corrected chi connectivity index (χ3v) is 3.32. The van der Waals surface area contributed by atoms with E-state index < -0.39 is 0 Å². The van der Waals surface area contributed by atoms with Crippen LogP contribution in [0.25, 0.3) is 0 Å². The number of hydrogen-bond donors (Lipinski definition) is 0. The van der Waals surface area contributed by atoms with E-state index in [4.69, 9.17) is 16.3 Å². The van der Waals surface area contributed by atoms with E-state index in [1.807, 2.05) is 32.7 Å². The Kier molecular flexibility index (Phi) is 6.49. The van der Waals surface area contributed by atoms with E-state index in [1.165, 1.54) is 0 Å². The fraction of sp³-hybridized carbons (Fsp3) is 0.533. The predicted octanol–water partition coefficient (Wildman–Crippen LogP) is 3.27. The van der Waals surface area contributed by atoms with Gasteiger partial charge in [0.15, 0.2) is 5.78 Å². The molecule has 1 aromatic rings. The number of benzene rings is 1. The van der Waals surface area contributed by atoms with Gasteiger partial charge in [0.2, 0.25) is 0 Å². The van der Waals surface area contributed by atoms with Gasteiger partial charge in [-0.2, -0.15) is 0 Å². The predicted molar refractivity (Wildman–Crippen MR) is 79.0 cm³/mol. The molecule has 0 bridgehead atoms. The smallest absolute Gasteiger partial charge is 0.179 e. The Balaban J connectivity index is 2.53. The quantitative estimate of drug-likeness (QED) is 0.719. The molecule has 1 unspecified atom stereocenters. The Bertz CT molecular complexity index is 403. The summed E-state index contributed by atoms with van der Waals surface area (Å²) in [6.45, 7) is 7.28. The Hall–Kier alpha value is -0.900. The molecular formula is C15H22ClNO2. The molecule has 4 heteroatoms. The van der Waals surface area contributed by atoms with Crippen LogP contribution in [-0.2, 0) is 4.74 Å². The normalized spacial score (nSPS) is 13.0. The summed E-state index contributed by atoms with van der Waals surface area (Å²) in [6.07, 6.45) is 0.218. The van der Waals surface area contributed by atoms with Crippen LogP contribution < -0.4 is 0 Å². The molecule has 0 saturated heterocycles. The molecule has 0 aliphatic rings. The van der Waals surface area contributed by atoms with Crippen LogP contribution >= 0.6 is 11.6 Å². The van der Waals surface area contributed by atoms with E-state index in [1.54, 1.807) is 24.3 Å². The monoisotopic (exact) mass is 283 g/mol. The Morgan fingerprint density at radius 3 is 2.37 bits per heavy atom. The van der Waals surface area contributed by atoms with E-state index in [0.717, 1.165) is 6.54 Å². The maximum absolute atomic E-state index is 12.3. The van der Waals surface area contributed by atoms with Crippen molar-refractivity contribution in [2.45, 2.75) is 32.9 Å². The lowest BCUT2D eigenvalue weighted by molar-refractivity contribution is 0.0542. The maximum Gasteiger partial charge on any atom is 0.179 e. The number of nitrogens with zero attached hydrogens (tertiary/aromatic N) is 1. The lowest BCUT2D eigenvalue weighted by Gasteiger charge is -2.24. The summed E-state index contributed by atoms with van der Waals surface area (Å²) in [6, 6.07) is 6.84. The molecule has 0 N–H and O–H groups in total. The Labute approximate surface area is 120 Å². The molecule has 1 atom stereocenters. The van der Waals surface area contributed by atoms with Crippen molar-refractivity contribution in [3.8, 4) is 0 Å². The SMILES string of the molecule is CC(C)OCCN(C)C(C)C(=O)c1ccc(Cl)cc1. The molecule has 0 spiro atoms. The van der Waals surface area contributed by atoms with Gasteiger partial charge in [-0.05, 0) is 52.1 Å². The van der Waals surface area contributed by atoms with Crippen LogP contribution in [0.2, 0.25) is 5.02 Å². The lowest BCUT2D eigenvalue weighted by Crippen LogP contribution is -2.38. The number of carbonyl (C=O) groups is 1. The summed E-state index contributed by atoms with van der Waals surface area (Å²) < 4.78 is 5.49. The molecule has 0 aliphatic carbocycles. The summed E-state index contributed by atoms with van der Waals surface area (Å²) >= 11 is 5.82. The van der Waals surface area contributed by atoms with Crippen molar-refractivity contribution < 1.29 is 9.53 Å². The molecular weight excluding hydrogens is 262 g/mol. The number of hydrogen-bond acceptors (Lipinski definition) is 3. The number of ether oxygens (including phenoxy) is 1. The highest BCUT2D eigenvalue weighted by molar-refractivity contribution is 6.30. The minimum Gasteiger partial charge on any atom is -0.377 e. The second-order valence-corrected chi connectivity index (χ2v) is 5.38. The highest BCUT2D eigenvalue weighted by Gasteiger charge is 2.19. The van der Waals surface area contributed by atoms with Crippen LogP contribution in [0.15, 0.2) is 24.3 Å². The van der Waals surface area contributed by atoms with Crippen molar-refractivity contribution in [2.75, 3.05) is 20.2 Å². The summed E-state index contributed by atoms with van der Waals surface area (Å²) in [5.41, 5.74) is 0.688. The molecule has 106 valence electrons. The van der Waals surface area contributed by atoms with Crippen molar-refractivity contribution in [1.82, 2.24) is 4.90 Å². The third kappa shape index (κ3) is 5.31. The molecule has 0 saturated carbocycles. The zero-order valence-electron chi connectivity index (χ0n) is 12.0. The molecule has 1 aromatic carbocycles. The van der Waals surface area contributed by atoms with Gasteiger partial charge < -0.3 is 4.74 Å². The van der Waals surface area contributed by atoms with E-state index in [2.05, 4.69) is 0 Å². The van der Waals surface area contributed by atoms with Gasteiger partial charge in [0, 0.05) is 17.1 Å². The molecule has 0 amide bonds. The first kappa shape index (κ1) is 16.2. The first-order chi connectivity index (χ1) is 8.91. The number of halogens is 1. The number of likely N-dealkylation sites (N-methyl/N-ethyl adjacent to an activating group) is 1. The Morgan fingerprint density at radius 2 is 1.84 bits per heavy atom. The van der Waals surface area contributed by atoms with Gasteiger partial charge in [-0.25, -0.2) is 0 Å². The van der Waals surface area contributed by atoms with Gasteiger partial charge in [0.05, 0.1) is 18.8 Å². The summed E-state index contributed by atoms with van der Waals surface area (Å²) in [4.78, 5) is 14.3. The largest absolute Gasteiger partial charge is 0.377 e. The molecule has 19 heavy (non-hydrogen) atoms. The molecule has 0 aromatic heterocycles. The number of ketones is 1. The topological polar surface area (TPSA) is 29.5 Å².